The van der Waals surface area contributed by atoms with Gasteiger partial charge in [0.2, 0.25) is 0 Å². The van der Waals surface area contributed by atoms with Crippen molar-refractivity contribution in [3.05, 3.63) is 11.6 Å². The molecule has 0 aliphatic heterocycles. The van der Waals surface area contributed by atoms with E-state index in [2.05, 4.69) is 0 Å². The second kappa shape index (κ2) is 4.41. The summed E-state index contributed by atoms with van der Waals surface area (Å²) in [5, 5.41) is 0. The highest BCUT2D eigenvalue weighted by atomic mass is 16.5. The number of rotatable bonds is 2. The Morgan fingerprint density at radius 3 is 2.92 bits per heavy atom. The Balaban J connectivity index is 2.64. The lowest BCUT2D eigenvalue weighted by Gasteiger charge is -2.23. The Morgan fingerprint density at radius 1 is 1.58 bits per heavy atom. The maximum Gasteiger partial charge on any atom is 0.152 e. The molecule has 1 saturated carbocycles. The van der Waals surface area contributed by atoms with Crippen molar-refractivity contribution >= 4 is 5.78 Å². The fourth-order valence-electron chi connectivity index (χ4n) is 1.70. The maximum absolute atomic E-state index is 10.8. The molecule has 2 nitrogen and oxygen atoms in total. The van der Waals surface area contributed by atoms with Gasteiger partial charge in [0.1, 0.15) is 0 Å². The SMILES string of the molecule is COC1CCCCC1=CC(C)=O. The molecule has 0 saturated heterocycles. The second-order valence-corrected chi connectivity index (χ2v) is 3.30. The van der Waals surface area contributed by atoms with Crippen LogP contribution < -0.4 is 0 Å². The van der Waals surface area contributed by atoms with Gasteiger partial charge in [-0.05, 0) is 37.8 Å². The fourth-order valence-corrected chi connectivity index (χ4v) is 1.70. The van der Waals surface area contributed by atoms with Gasteiger partial charge >= 0.3 is 0 Å². The number of hydrogen-bond acceptors (Lipinski definition) is 2. The summed E-state index contributed by atoms with van der Waals surface area (Å²) in [7, 11) is 1.71. The van der Waals surface area contributed by atoms with Gasteiger partial charge in [-0.3, -0.25) is 4.79 Å². The van der Waals surface area contributed by atoms with Crippen LogP contribution in [0.2, 0.25) is 0 Å². The summed E-state index contributed by atoms with van der Waals surface area (Å²) in [6.45, 7) is 1.59. The van der Waals surface area contributed by atoms with Gasteiger partial charge in [-0.25, -0.2) is 0 Å². The second-order valence-electron chi connectivity index (χ2n) is 3.30. The maximum atomic E-state index is 10.8. The largest absolute Gasteiger partial charge is 0.377 e. The van der Waals surface area contributed by atoms with Crippen LogP contribution in [0.3, 0.4) is 0 Å². The van der Waals surface area contributed by atoms with Gasteiger partial charge in [0.15, 0.2) is 5.78 Å². The van der Waals surface area contributed by atoms with E-state index in [1.807, 2.05) is 0 Å². The Labute approximate surface area is 73.6 Å². The van der Waals surface area contributed by atoms with Crippen molar-refractivity contribution in [2.45, 2.75) is 38.7 Å². The number of carbonyl (C=O) groups excluding carboxylic acids is 1. The van der Waals surface area contributed by atoms with E-state index < -0.39 is 0 Å². The van der Waals surface area contributed by atoms with Gasteiger partial charge in [-0.15, -0.1) is 0 Å². The minimum atomic E-state index is 0.133. The van der Waals surface area contributed by atoms with Crippen molar-refractivity contribution in [3.8, 4) is 0 Å². The number of ether oxygens (including phenoxy) is 1. The zero-order valence-electron chi connectivity index (χ0n) is 7.80. The summed E-state index contributed by atoms with van der Waals surface area (Å²) in [4.78, 5) is 10.8. The molecule has 1 fully saturated rings. The first-order valence-corrected chi connectivity index (χ1v) is 4.48. The molecule has 0 aromatic carbocycles. The average Bonchev–Trinajstić information content (AvgIpc) is 2.04. The van der Waals surface area contributed by atoms with Crippen LogP contribution in [0, 0.1) is 0 Å². The van der Waals surface area contributed by atoms with Gasteiger partial charge < -0.3 is 4.74 Å². The molecule has 0 aromatic rings. The van der Waals surface area contributed by atoms with Crippen LogP contribution in [0.25, 0.3) is 0 Å². The molecule has 0 aromatic heterocycles. The van der Waals surface area contributed by atoms with E-state index in [1.165, 1.54) is 18.4 Å². The third-order valence-electron chi connectivity index (χ3n) is 2.27. The van der Waals surface area contributed by atoms with Gasteiger partial charge in [-0.2, -0.15) is 0 Å². The van der Waals surface area contributed by atoms with Crippen LogP contribution in [0.15, 0.2) is 11.6 Å². The van der Waals surface area contributed by atoms with Crippen LogP contribution in [0.5, 0.6) is 0 Å². The molecule has 1 rings (SSSR count). The highest BCUT2D eigenvalue weighted by Gasteiger charge is 2.17. The predicted octanol–water partition coefficient (Wildman–Crippen LogP) is 2.09. The lowest BCUT2D eigenvalue weighted by Crippen LogP contribution is -2.18. The van der Waals surface area contributed by atoms with E-state index in [1.54, 1.807) is 20.1 Å². The molecular weight excluding hydrogens is 152 g/mol. The highest BCUT2D eigenvalue weighted by molar-refractivity contribution is 5.88. The number of carbonyl (C=O) groups is 1. The van der Waals surface area contributed by atoms with Crippen molar-refractivity contribution in [2.75, 3.05) is 7.11 Å². The monoisotopic (exact) mass is 168 g/mol. The smallest absolute Gasteiger partial charge is 0.152 e. The summed E-state index contributed by atoms with van der Waals surface area (Å²) in [5.74, 6) is 0.133. The normalized spacial score (nSPS) is 27.5. The molecule has 0 spiro atoms. The van der Waals surface area contributed by atoms with Crippen LogP contribution in [0.1, 0.15) is 32.6 Å². The first kappa shape index (κ1) is 9.46. The van der Waals surface area contributed by atoms with E-state index in [0.29, 0.717) is 0 Å². The number of allylic oxidation sites excluding steroid dienone is 1. The molecule has 1 aliphatic rings. The molecule has 1 atom stereocenters. The Morgan fingerprint density at radius 2 is 2.33 bits per heavy atom. The van der Waals surface area contributed by atoms with Gasteiger partial charge in [-0.1, -0.05) is 6.42 Å². The van der Waals surface area contributed by atoms with Crippen molar-refractivity contribution < 1.29 is 9.53 Å². The summed E-state index contributed by atoms with van der Waals surface area (Å²) < 4.78 is 5.28. The Hall–Kier alpha value is -0.630. The highest BCUT2D eigenvalue weighted by Crippen LogP contribution is 2.25. The van der Waals surface area contributed by atoms with E-state index in [9.17, 15) is 4.79 Å². The average molecular weight is 168 g/mol. The topological polar surface area (TPSA) is 26.3 Å². The van der Waals surface area contributed by atoms with Crippen LogP contribution in [-0.2, 0) is 9.53 Å². The van der Waals surface area contributed by atoms with E-state index in [0.717, 1.165) is 12.8 Å². The predicted molar refractivity (Wildman–Crippen MR) is 48.0 cm³/mol. The molecule has 0 radical (unpaired) electrons. The minimum Gasteiger partial charge on any atom is -0.377 e. The van der Waals surface area contributed by atoms with Gasteiger partial charge in [0.05, 0.1) is 6.10 Å². The van der Waals surface area contributed by atoms with E-state index >= 15 is 0 Å². The minimum absolute atomic E-state index is 0.133. The summed E-state index contributed by atoms with van der Waals surface area (Å²) in [6, 6.07) is 0. The Kier molecular flexibility index (Phi) is 3.48. The fraction of sp³-hybridized carbons (Fsp3) is 0.700. The quantitative estimate of drug-likeness (QED) is 0.590. The number of methoxy groups -OCH3 is 1. The molecule has 1 unspecified atom stereocenters. The molecule has 1 aliphatic carbocycles. The molecule has 0 heterocycles. The number of ketones is 1. The third kappa shape index (κ3) is 2.45. The van der Waals surface area contributed by atoms with Gasteiger partial charge in [0, 0.05) is 7.11 Å². The first-order valence-electron chi connectivity index (χ1n) is 4.48. The summed E-state index contributed by atoms with van der Waals surface area (Å²) in [5.41, 5.74) is 1.18. The summed E-state index contributed by atoms with van der Waals surface area (Å²) >= 11 is 0. The molecule has 0 N–H and O–H groups in total. The van der Waals surface area contributed by atoms with Crippen molar-refractivity contribution in [3.63, 3.8) is 0 Å². The van der Waals surface area contributed by atoms with Crippen LogP contribution >= 0.6 is 0 Å². The first-order chi connectivity index (χ1) is 5.74. The number of hydrogen-bond donors (Lipinski definition) is 0. The lowest BCUT2D eigenvalue weighted by molar-refractivity contribution is -0.112. The third-order valence-corrected chi connectivity index (χ3v) is 2.27. The Bertz CT molecular complexity index is 194. The van der Waals surface area contributed by atoms with Crippen LogP contribution in [-0.4, -0.2) is 19.0 Å². The van der Waals surface area contributed by atoms with Gasteiger partial charge in [0.25, 0.3) is 0 Å². The van der Waals surface area contributed by atoms with Crippen molar-refractivity contribution in [1.82, 2.24) is 0 Å². The molecule has 2 heteroatoms. The molecule has 0 amide bonds. The molecule has 0 bridgehead atoms. The molecular formula is C10H16O2. The van der Waals surface area contributed by atoms with E-state index in [4.69, 9.17) is 4.74 Å². The standard InChI is InChI=1S/C10H16O2/c1-8(11)7-9-5-3-4-6-10(9)12-2/h7,10H,3-6H2,1-2H3. The zero-order valence-corrected chi connectivity index (χ0v) is 7.80. The van der Waals surface area contributed by atoms with Crippen molar-refractivity contribution in [2.24, 2.45) is 0 Å². The van der Waals surface area contributed by atoms with Crippen LogP contribution in [0.4, 0.5) is 0 Å². The lowest BCUT2D eigenvalue weighted by atomic mass is 9.91. The van der Waals surface area contributed by atoms with E-state index in [-0.39, 0.29) is 11.9 Å². The molecule has 68 valence electrons. The zero-order chi connectivity index (χ0) is 8.97. The molecule has 12 heavy (non-hydrogen) atoms. The van der Waals surface area contributed by atoms with Crippen molar-refractivity contribution in [1.29, 1.82) is 0 Å². The summed E-state index contributed by atoms with van der Waals surface area (Å²) in [6.07, 6.45) is 6.43.